The van der Waals surface area contributed by atoms with Gasteiger partial charge in [0.15, 0.2) is 0 Å². The fraction of sp³-hybridized carbons (Fsp3) is 0.967. The zero-order chi connectivity index (χ0) is 24.2. The summed E-state index contributed by atoms with van der Waals surface area (Å²) < 4.78 is 6.72. The molecule has 9 atom stereocenters. The molecule has 3 heteroatoms. The third kappa shape index (κ3) is 3.09. The summed E-state index contributed by atoms with van der Waals surface area (Å²) >= 11 is 0. The quantitative estimate of drug-likeness (QED) is 0.487. The van der Waals surface area contributed by atoms with Crippen LogP contribution in [0, 0.1) is 45.3 Å². The first kappa shape index (κ1) is 24.3. The van der Waals surface area contributed by atoms with Crippen molar-refractivity contribution in [1.29, 1.82) is 0 Å². The van der Waals surface area contributed by atoms with E-state index in [1.165, 1.54) is 38.5 Å². The monoisotopic (exact) mass is 458 g/mol. The summed E-state index contributed by atoms with van der Waals surface area (Å²) in [5, 5.41) is 10.6. The number of hydrogen-bond acceptors (Lipinski definition) is 3. The highest BCUT2D eigenvalue weighted by Gasteiger charge is 2.70. The molecular formula is C30H50O3. The van der Waals surface area contributed by atoms with Crippen molar-refractivity contribution in [3.63, 3.8) is 0 Å². The number of carbonyl (C=O) groups is 1. The standard InChI is InChI=1S/C30H50O3/c1-25(2)21-12-17-29(7)22(27(21,5)15-13-23(25)31)10-9-19-20(11-16-28(19,29)6)30(8)18-14-24(33-30)26(3,4)32/h19-22,24,32H,9-18H2,1-8H3/t19-,20+,21+,22-,24+,27+,28-,29-,30+/m0/s1. The Morgan fingerprint density at radius 3 is 2.09 bits per heavy atom. The van der Waals surface area contributed by atoms with Gasteiger partial charge in [-0.15, -0.1) is 0 Å². The summed E-state index contributed by atoms with van der Waals surface area (Å²) in [6, 6.07) is 0. The first-order valence-corrected chi connectivity index (χ1v) is 14.0. The topological polar surface area (TPSA) is 46.5 Å². The Kier molecular flexibility index (Phi) is 5.22. The maximum atomic E-state index is 12.9. The molecule has 188 valence electrons. The van der Waals surface area contributed by atoms with Gasteiger partial charge in [0.2, 0.25) is 0 Å². The Bertz CT molecular complexity index is 825. The Labute approximate surface area is 202 Å². The number of rotatable bonds is 2. The highest BCUT2D eigenvalue weighted by molar-refractivity contribution is 5.85. The van der Waals surface area contributed by atoms with E-state index in [2.05, 4.69) is 41.5 Å². The lowest BCUT2D eigenvalue weighted by Crippen LogP contribution is -2.63. The summed E-state index contributed by atoms with van der Waals surface area (Å²) in [6.45, 7) is 18.5. The predicted octanol–water partition coefficient (Wildman–Crippen LogP) is 6.95. The molecule has 5 rings (SSSR count). The first-order valence-electron chi connectivity index (χ1n) is 14.0. The van der Waals surface area contributed by atoms with E-state index in [9.17, 15) is 9.90 Å². The maximum Gasteiger partial charge on any atom is 0.138 e. The first-order chi connectivity index (χ1) is 15.1. The second-order valence-corrected chi connectivity index (χ2v) is 15.1. The molecule has 0 aromatic rings. The SMILES string of the molecule is CC(C)(O)[C@H]1CC[C@](C)([C@@H]2CC[C@@]3(C)[C@H]2CC[C@H]2[C@]4(C)CCC(=O)C(C)(C)[C@H]4CC[C@@]23C)O1. The van der Waals surface area contributed by atoms with Gasteiger partial charge in [0, 0.05) is 11.8 Å². The molecule has 1 heterocycles. The lowest BCUT2D eigenvalue weighted by Gasteiger charge is -2.69. The number of hydrogen-bond donors (Lipinski definition) is 1. The minimum absolute atomic E-state index is 0.0439. The average molecular weight is 459 g/mol. The number of ketones is 1. The Morgan fingerprint density at radius 2 is 1.45 bits per heavy atom. The van der Waals surface area contributed by atoms with Crippen LogP contribution in [0.2, 0.25) is 0 Å². The number of fused-ring (bicyclic) bond motifs is 5. The molecule has 33 heavy (non-hydrogen) atoms. The van der Waals surface area contributed by atoms with Gasteiger partial charge in [-0.25, -0.2) is 0 Å². The second-order valence-electron chi connectivity index (χ2n) is 15.1. The predicted molar refractivity (Wildman–Crippen MR) is 133 cm³/mol. The van der Waals surface area contributed by atoms with Crippen molar-refractivity contribution in [1.82, 2.24) is 0 Å². The molecule has 0 aromatic carbocycles. The van der Waals surface area contributed by atoms with Crippen molar-refractivity contribution >= 4 is 5.78 Å². The van der Waals surface area contributed by atoms with Crippen LogP contribution in [-0.4, -0.2) is 28.2 Å². The zero-order valence-electron chi connectivity index (χ0n) is 22.7. The van der Waals surface area contributed by atoms with Gasteiger partial charge >= 0.3 is 0 Å². The van der Waals surface area contributed by atoms with Gasteiger partial charge in [-0.2, -0.15) is 0 Å². The molecule has 4 aliphatic carbocycles. The van der Waals surface area contributed by atoms with Gasteiger partial charge in [-0.3, -0.25) is 4.79 Å². The largest absolute Gasteiger partial charge is 0.388 e. The molecule has 0 bridgehead atoms. The molecule has 0 unspecified atom stereocenters. The molecule has 1 N–H and O–H groups in total. The molecule has 0 spiro atoms. The normalized spacial score (nSPS) is 54.0. The lowest BCUT2D eigenvalue weighted by atomic mass is 9.35. The van der Waals surface area contributed by atoms with E-state index in [4.69, 9.17) is 4.74 Å². The third-order valence-electron chi connectivity index (χ3n) is 13.0. The lowest BCUT2D eigenvalue weighted by molar-refractivity contribution is -0.210. The highest BCUT2D eigenvalue weighted by Crippen LogP contribution is 2.75. The van der Waals surface area contributed by atoms with E-state index in [0.29, 0.717) is 34.4 Å². The van der Waals surface area contributed by atoms with Gasteiger partial charge in [0.25, 0.3) is 0 Å². The number of ether oxygens (including phenoxy) is 1. The van der Waals surface area contributed by atoms with Gasteiger partial charge < -0.3 is 9.84 Å². The van der Waals surface area contributed by atoms with Crippen molar-refractivity contribution in [2.45, 2.75) is 137 Å². The number of carbonyl (C=O) groups excluding carboxylic acids is 1. The summed E-state index contributed by atoms with van der Waals surface area (Å²) in [6.07, 6.45) is 11.6. The fourth-order valence-electron chi connectivity index (χ4n) is 10.9. The summed E-state index contributed by atoms with van der Waals surface area (Å²) in [4.78, 5) is 12.9. The Hall–Kier alpha value is -0.410. The molecule has 4 saturated carbocycles. The van der Waals surface area contributed by atoms with Crippen LogP contribution in [-0.2, 0) is 9.53 Å². The molecule has 3 nitrogen and oxygen atoms in total. The maximum absolute atomic E-state index is 12.9. The Morgan fingerprint density at radius 1 is 0.788 bits per heavy atom. The molecule has 5 aliphatic rings. The molecule has 1 saturated heterocycles. The molecular weight excluding hydrogens is 408 g/mol. The highest BCUT2D eigenvalue weighted by atomic mass is 16.5. The molecule has 0 amide bonds. The van der Waals surface area contributed by atoms with E-state index < -0.39 is 5.60 Å². The summed E-state index contributed by atoms with van der Waals surface area (Å²) in [7, 11) is 0. The minimum Gasteiger partial charge on any atom is -0.388 e. The van der Waals surface area contributed by atoms with Crippen molar-refractivity contribution < 1.29 is 14.6 Å². The second kappa shape index (κ2) is 7.09. The van der Waals surface area contributed by atoms with Crippen LogP contribution in [0.4, 0.5) is 0 Å². The summed E-state index contributed by atoms with van der Waals surface area (Å²) in [5.41, 5.74) is -0.0493. The molecule has 1 aliphatic heterocycles. The van der Waals surface area contributed by atoms with E-state index in [0.717, 1.165) is 31.6 Å². The fourth-order valence-corrected chi connectivity index (χ4v) is 10.9. The van der Waals surface area contributed by atoms with Crippen LogP contribution in [0.15, 0.2) is 0 Å². The minimum atomic E-state index is -0.762. The van der Waals surface area contributed by atoms with Gasteiger partial charge in [0.05, 0.1) is 17.3 Å². The van der Waals surface area contributed by atoms with Gasteiger partial charge in [-0.05, 0) is 118 Å². The molecule has 0 aromatic heterocycles. The van der Waals surface area contributed by atoms with Crippen LogP contribution in [0.25, 0.3) is 0 Å². The van der Waals surface area contributed by atoms with Crippen LogP contribution in [0.5, 0.6) is 0 Å². The van der Waals surface area contributed by atoms with Crippen molar-refractivity contribution in [3.05, 3.63) is 0 Å². The van der Waals surface area contributed by atoms with Crippen molar-refractivity contribution in [3.8, 4) is 0 Å². The number of Topliss-reactive ketones (excluding diaryl/α,β-unsaturated/α-hetero) is 1. The number of aliphatic hydroxyl groups is 1. The Balaban J connectivity index is 1.45. The van der Waals surface area contributed by atoms with Crippen LogP contribution in [0.3, 0.4) is 0 Å². The average Bonchev–Trinajstić information content (AvgIpc) is 3.27. The smallest absolute Gasteiger partial charge is 0.138 e. The van der Waals surface area contributed by atoms with E-state index in [-0.39, 0.29) is 22.5 Å². The van der Waals surface area contributed by atoms with E-state index in [1.807, 2.05) is 13.8 Å². The van der Waals surface area contributed by atoms with E-state index >= 15 is 0 Å². The third-order valence-corrected chi connectivity index (χ3v) is 13.0. The molecule has 0 radical (unpaired) electrons. The van der Waals surface area contributed by atoms with Gasteiger partial charge in [-0.1, -0.05) is 34.6 Å². The van der Waals surface area contributed by atoms with Crippen LogP contribution < -0.4 is 0 Å². The molecule has 5 fully saturated rings. The zero-order valence-corrected chi connectivity index (χ0v) is 22.7. The van der Waals surface area contributed by atoms with Crippen LogP contribution >= 0.6 is 0 Å². The van der Waals surface area contributed by atoms with Crippen molar-refractivity contribution in [2.75, 3.05) is 0 Å². The van der Waals surface area contributed by atoms with E-state index in [1.54, 1.807) is 0 Å². The van der Waals surface area contributed by atoms with Gasteiger partial charge in [0.1, 0.15) is 5.78 Å². The van der Waals surface area contributed by atoms with Crippen LogP contribution in [0.1, 0.15) is 120 Å². The van der Waals surface area contributed by atoms with Crippen molar-refractivity contribution in [2.24, 2.45) is 45.3 Å². The summed E-state index contributed by atoms with van der Waals surface area (Å²) in [5.74, 6) is 3.06.